The van der Waals surface area contributed by atoms with E-state index in [2.05, 4.69) is 5.32 Å². The summed E-state index contributed by atoms with van der Waals surface area (Å²) >= 11 is 5.55. The maximum absolute atomic E-state index is 11.7. The predicted molar refractivity (Wildman–Crippen MR) is 67.9 cm³/mol. The van der Waals surface area contributed by atoms with Crippen LogP contribution in [0.1, 0.15) is 32.1 Å². The van der Waals surface area contributed by atoms with E-state index in [4.69, 9.17) is 16.9 Å². The first-order valence-electron chi connectivity index (χ1n) is 6.17. The van der Waals surface area contributed by atoms with Gasteiger partial charge in [0.05, 0.1) is 6.07 Å². The van der Waals surface area contributed by atoms with Crippen molar-refractivity contribution < 1.29 is 9.59 Å². The minimum absolute atomic E-state index is 0.0860. The van der Waals surface area contributed by atoms with E-state index >= 15 is 0 Å². The fourth-order valence-electron chi connectivity index (χ4n) is 2.00. The molecule has 1 N–H and O–H groups in total. The van der Waals surface area contributed by atoms with Crippen molar-refractivity contribution in [1.29, 1.82) is 5.26 Å². The molecule has 6 heteroatoms. The quantitative estimate of drug-likeness (QED) is 0.759. The maximum atomic E-state index is 11.7. The van der Waals surface area contributed by atoms with Gasteiger partial charge in [-0.05, 0) is 19.3 Å². The molecular formula is C12H18ClN3O2. The van der Waals surface area contributed by atoms with Crippen molar-refractivity contribution in [1.82, 2.24) is 10.2 Å². The Morgan fingerprint density at radius 2 is 2.06 bits per heavy atom. The Morgan fingerprint density at radius 3 is 2.61 bits per heavy atom. The lowest BCUT2D eigenvalue weighted by molar-refractivity contribution is -0.132. The molecule has 0 bridgehead atoms. The molecule has 0 aromatic heterocycles. The second-order valence-corrected chi connectivity index (χ2v) is 4.73. The van der Waals surface area contributed by atoms with Gasteiger partial charge in [-0.2, -0.15) is 5.26 Å². The summed E-state index contributed by atoms with van der Waals surface area (Å²) in [5.74, 6) is 0.411. The largest absolute Gasteiger partial charge is 0.352 e. The normalized spacial score (nSPS) is 16.1. The summed E-state index contributed by atoms with van der Waals surface area (Å²) < 4.78 is 0. The minimum atomic E-state index is -0.232. The van der Waals surface area contributed by atoms with E-state index < -0.39 is 0 Å². The van der Waals surface area contributed by atoms with E-state index in [9.17, 15) is 9.59 Å². The standard InChI is InChI=1S/C12H18ClN3O2/c13-6-1-2-12(18)16-8-4-10(5-9-16)15-11(17)3-7-14/h10H,1-6,8-9H2,(H,15,17). The van der Waals surface area contributed by atoms with Gasteiger partial charge in [0.25, 0.3) is 0 Å². The second-order valence-electron chi connectivity index (χ2n) is 4.35. The molecule has 2 amide bonds. The van der Waals surface area contributed by atoms with Gasteiger partial charge in [-0.25, -0.2) is 0 Å². The molecule has 0 aliphatic carbocycles. The van der Waals surface area contributed by atoms with Crippen LogP contribution in [-0.4, -0.2) is 41.7 Å². The minimum Gasteiger partial charge on any atom is -0.352 e. The van der Waals surface area contributed by atoms with Crippen molar-refractivity contribution in [3.05, 3.63) is 0 Å². The van der Waals surface area contributed by atoms with Gasteiger partial charge in [-0.15, -0.1) is 11.6 Å². The number of amides is 2. The smallest absolute Gasteiger partial charge is 0.234 e. The molecular weight excluding hydrogens is 254 g/mol. The van der Waals surface area contributed by atoms with Crippen molar-refractivity contribution in [3.8, 4) is 6.07 Å². The average Bonchev–Trinajstić information content (AvgIpc) is 2.37. The lowest BCUT2D eigenvalue weighted by Crippen LogP contribution is -2.46. The fraction of sp³-hybridized carbons (Fsp3) is 0.750. The SMILES string of the molecule is N#CCC(=O)NC1CCN(C(=O)CCCCl)CC1. The van der Waals surface area contributed by atoms with Gasteiger partial charge in [0, 0.05) is 31.4 Å². The van der Waals surface area contributed by atoms with E-state index in [0.29, 0.717) is 31.8 Å². The highest BCUT2D eigenvalue weighted by Gasteiger charge is 2.23. The Balaban J connectivity index is 2.26. The highest BCUT2D eigenvalue weighted by molar-refractivity contribution is 6.17. The third kappa shape index (κ3) is 4.92. The number of carbonyl (C=O) groups excluding carboxylic acids is 2. The fourth-order valence-corrected chi connectivity index (χ4v) is 2.13. The molecule has 1 fully saturated rings. The molecule has 1 rings (SSSR count). The third-order valence-electron chi connectivity index (χ3n) is 2.98. The molecule has 0 aromatic carbocycles. The van der Waals surface area contributed by atoms with Crippen LogP contribution in [0.4, 0.5) is 0 Å². The first kappa shape index (κ1) is 14.8. The molecule has 1 aliphatic rings. The number of hydrogen-bond donors (Lipinski definition) is 1. The highest BCUT2D eigenvalue weighted by atomic mass is 35.5. The number of hydrogen-bond acceptors (Lipinski definition) is 3. The van der Waals surface area contributed by atoms with Crippen molar-refractivity contribution in [3.63, 3.8) is 0 Å². The number of halogens is 1. The number of rotatable bonds is 5. The molecule has 1 saturated heterocycles. The van der Waals surface area contributed by atoms with Gasteiger partial charge < -0.3 is 10.2 Å². The Labute approximate surface area is 112 Å². The van der Waals surface area contributed by atoms with Crippen molar-refractivity contribution in [2.75, 3.05) is 19.0 Å². The van der Waals surface area contributed by atoms with Crippen molar-refractivity contribution in [2.45, 2.75) is 38.1 Å². The zero-order valence-corrected chi connectivity index (χ0v) is 11.1. The van der Waals surface area contributed by atoms with Crippen LogP contribution < -0.4 is 5.32 Å². The molecule has 1 aliphatic heterocycles. The Hall–Kier alpha value is -1.28. The number of likely N-dealkylation sites (tertiary alicyclic amines) is 1. The molecule has 100 valence electrons. The highest BCUT2D eigenvalue weighted by Crippen LogP contribution is 2.12. The number of alkyl halides is 1. The van der Waals surface area contributed by atoms with Gasteiger partial charge in [0.2, 0.25) is 11.8 Å². The van der Waals surface area contributed by atoms with Crippen LogP contribution in [0.3, 0.4) is 0 Å². The summed E-state index contributed by atoms with van der Waals surface area (Å²) in [6.07, 6.45) is 2.61. The van der Waals surface area contributed by atoms with Crippen molar-refractivity contribution >= 4 is 23.4 Å². The van der Waals surface area contributed by atoms with Gasteiger partial charge in [0.1, 0.15) is 6.42 Å². The second kappa shape index (κ2) is 7.93. The molecule has 0 aromatic rings. The van der Waals surface area contributed by atoms with Crippen LogP contribution in [0.2, 0.25) is 0 Å². The number of nitrogens with zero attached hydrogens (tertiary/aromatic N) is 2. The van der Waals surface area contributed by atoms with Gasteiger partial charge in [-0.3, -0.25) is 9.59 Å². The monoisotopic (exact) mass is 271 g/mol. The van der Waals surface area contributed by atoms with Gasteiger partial charge >= 0.3 is 0 Å². The summed E-state index contributed by atoms with van der Waals surface area (Å²) in [5.41, 5.74) is 0. The summed E-state index contributed by atoms with van der Waals surface area (Å²) in [6, 6.07) is 1.90. The number of carbonyl (C=O) groups is 2. The molecule has 0 unspecified atom stereocenters. The Kier molecular flexibility index (Phi) is 6.51. The lowest BCUT2D eigenvalue weighted by Gasteiger charge is -2.32. The summed E-state index contributed by atoms with van der Waals surface area (Å²) in [5, 5.41) is 11.2. The molecule has 18 heavy (non-hydrogen) atoms. The van der Waals surface area contributed by atoms with Crippen molar-refractivity contribution in [2.24, 2.45) is 0 Å². The van der Waals surface area contributed by atoms with Gasteiger partial charge in [-0.1, -0.05) is 0 Å². The molecule has 0 radical (unpaired) electrons. The van der Waals surface area contributed by atoms with Crippen LogP contribution in [0.5, 0.6) is 0 Å². The number of nitriles is 1. The van der Waals surface area contributed by atoms with Crippen LogP contribution in [0.25, 0.3) is 0 Å². The molecule has 5 nitrogen and oxygen atoms in total. The Morgan fingerprint density at radius 1 is 1.39 bits per heavy atom. The Bertz CT molecular complexity index is 333. The van der Waals surface area contributed by atoms with E-state index in [1.54, 1.807) is 0 Å². The predicted octanol–water partition coefficient (Wildman–Crippen LogP) is 1.03. The maximum Gasteiger partial charge on any atom is 0.234 e. The molecule has 1 heterocycles. The third-order valence-corrected chi connectivity index (χ3v) is 3.24. The van der Waals surface area contributed by atoms with E-state index in [-0.39, 0.29) is 24.3 Å². The zero-order valence-electron chi connectivity index (χ0n) is 10.3. The summed E-state index contributed by atoms with van der Waals surface area (Å²) in [6.45, 7) is 1.33. The van der Waals surface area contributed by atoms with E-state index in [1.165, 1.54) is 0 Å². The van der Waals surface area contributed by atoms with Crippen LogP contribution >= 0.6 is 11.6 Å². The first-order valence-corrected chi connectivity index (χ1v) is 6.71. The molecule has 0 saturated carbocycles. The van der Waals surface area contributed by atoms with Crippen LogP contribution in [0.15, 0.2) is 0 Å². The van der Waals surface area contributed by atoms with Crippen LogP contribution in [-0.2, 0) is 9.59 Å². The number of piperidine rings is 1. The molecule has 0 spiro atoms. The molecule has 0 atom stereocenters. The van der Waals surface area contributed by atoms with E-state index in [0.717, 1.165) is 12.8 Å². The summed E-state index contributed by atoms with van der Waals surface area (Å²) in [7, 11) is 0. The average molecular weight is 272 g/mol. The topological polar surface area (TPSA) is 73.2 Å². The lowest BCUT2D eigenvalue weighted by atomic mass is 10.0. The number of nitrogens with one attached hydrogen (secondary N) is 1. The first-order chi connectivity index (χ1) is 8.67. The zero-order chi connectivity index (χ0) is 13.4. The van der Waals surface area contributed by atoms with Crippen LogP contribution in [0, 0.1) is 11.3 Å². The van der Waals surface area contributed by atoms with Gasteiger partial charge in [0.15, 0.2) is 0 Å². The summed E-state index contributed by atoms with van der Waals surface area (Å²) in [4.78, 5) is 24.8. The van der Waals surface area contributed by atoms with E-state index in [1.807, 2.05) is 11.0 Å².